The standard InChI is InChI=1S/C34H32F4O/c1-2-3-4-5-6-25-7-9-26(10-8-25)11-12-28-16-22-32-30(23-28)19-18-29(33(32)35)17-13-27-14-20-31(21-15-27)39-24-34(36,37)38/h7-10,14-16,18-23H,2-6,11-12,24H2,1H3. The highest BCUT2D eigenvalue weighted by Gasteiger charge is 2.28. The fourth-order valence-electron chi connectivity index (χ4n) is 4.45. The summed E-state index contributed by atoms with van der Waals surface area (Å²) in [5, 5.41) is 1.33. The van der Waals surface area contributed by atoms with Crippen molar-refractivity contribution in [2.45, 2.75) is 58.0 Å². The maximum Gasteiger partial charge on any atom is 0.422 e. The van der Waals surface area contributed by atoms with Gasteiger partial charge in [-0.3, -0.25) is 0 Å². The van der Waals surface area contributed by atoms with Crippen molar-refractivity contribution in [1.29, 1.82) is 0 Å². The molecule has 4 aromatic carbocycles. The number of aryl methyl sites for hydroxylation is 3. The summed E-state index contributed by atoms with van der Waals surface area (Å²) in [5.74, 6) is 5.42. The average molecular weight is 533 g/mol. The lowest BCUT2D eigenvalue weighted by atomic mass is 9.98. The molecule has 0 fully saturated rings. The summed E-state index contributed by atoms with van der Waals surface area (Å²) in [7, 11) is 0. The van der Waals surface area contributed by atoms with Gasteiger partial charge in [0.15, 0.2) is 6.61 Å². The molecule has 1 nitrogen and oxygen atoms in total. The second kappa shape index (κ2) is 13.3. The van der Waals surface area contributed by atoms with Crippen LogP contribution in [0.4, 0.5) is 17.6 Å². The molecular weight excluding hydrogens is 500 g/mol. The van der Waals surface area contributed by atoms with Crippen molar-refractivity contribution in [2.75, 3.05) is 6.61 Å². The number of fused-ring (bicyclic) bond motifs is 1. The molecule has 0 aliphatic carbocycles. The van der Waals surface area contributed by atoms with E-state index in [1.165, 1.54) is 48.9 Å². The van der Waals surface area contributed by atoms with E-state index in [1.54, 1.807) is 24.3 Å². The van der Waals surface area contributed by atoms with Crippen LogP contribution in [-0.2, 0) is 19.3 Å². The quantitative estimate of drug-likeness (QED) is 0.112. The van der Waals surface area contributed by atoms with Crippen LogP contribution >= 0.6 is 0 Å². The SMILES string of the molecule is CCCCCCc1ccc(CCc2ccc3c(F)c(C#Cc4ccc(OCC(F)(F)F)cc4)ccc3c2)cc1. The Hall–Kier alpha value is -3.78. The minimum Gasteiger partial charge on any atom is -0.484 e. The summed E-state index contributed by atoms with van der Waals surface area (Å²) in [6, 6.07) is 24.1. The van der Waals surface area contributed by atoms with Crippen molar-refractivity contribution in [3.05, 3.63) is 112 Å². The molecule has 4 aromatic rings. The van der Waals surface area contributed by atoms with Gasteiger partial charge in [-0.05, 0) is 78.1 Å². The fraction of sp³-hybridized carbons (Fsp3) is 0.294. The number of halogens is 4. The molecule has 0 aliphatic heterocycles. The molecule has 0 bridgehead atoms. The third-order valence-corrected chi connectivity index (χ3v) is 6.66. The molecule has 4 rings (SSSR count). The molecule has 0 saturated carbocycles. The summed E-state index contributed by atoms with van der Waals surface area (Å²) in [6.45, 7) is 0.874. The number of unbranched alkanes of at least 4 members (excludes halogenated alkanes) is 3. The van der Waals surface area contributed by atoms with E-state index in [2.05, 4.69) is 43.0 Å². The Kier molecular flexibility index (Phi) is 9.65. The van der Waals surface area contributed by atoms with Gasteiger partial charge in [-0.2, -0.15) is 13.2 Å². The van der Waals surface area contributed by atoms with Crippen LogP contribution in [0.15, 0.2) is 78.9 Å². The van der Waals surface area contributed by atoms with Crippen LogP contribution < -0.4 is 4.74 Å². The molecule has 202 valence electrons. The third-order valence-electron chi connectivity index (χ3n) is 6.66. The molecule has 0 spiro atoms. The van der Waals surface area contributed by atoms with Gasteiger partial charge in [-0.25, -0.2) is 4.39 Å². The zero-order valence-corrected chi connectivity index (χ0v) is 22.1. The smallest absolute Gasteiger partial charge is 0.422 e. The van der Waals surface area contributed by atoms with Gasteiger partial charge in [0.05, 0.1) is 5.56 Å². The number of rotatable bonds is 10. The Bertz CT molecular complexity index is 1430. The Morgan fingerprint density at radius 1 is 0.692 bits per heavy atom. The van der Waals surface area contributed by atoms with E-state index in [0.29, 0.717) is 10.9 Å². The van der Waals surface area contributed by atoms with Crippen molar-refractivity contribution in [2.24, 2.45) is 0 Å². The van der Waals surface area contributed by atoms with Gasteiger partial charge in [0, 0.05) is 10.9 Å². The first-order valence-corrected chi connectivity index (χ1v) is 13.4. The van der Waals surface area contributed by atoms with Gasteiger partial charge in [0.25, 0.3) is 0 Å². The summed E-state index contributed by atoms with van der Waals surface area (Å²) in [4.78, 5) is 0. The Morgan fingerprint density at radius 3 is 2.05 bits per heavy atom. The van der Waals surface area contributed by atoms with Crippen LogP contribution in [-0.4, -0.2) is 12.8 Å². The lowest BCUT2D eigenvalue weighted by Crippen LogP contribution is -2.19. The predicted octanol–water partition coefficient (Wildman–Crippen LogP) is 9.23. The van der Waals surface area contributed by atoms with Crippen LogP contribution in [0, 0.1) is 17.7 Å². The van der Waals surface area contributed by atoms with Gasteiger partial charge in [0.2, 0.25) is 0 Å². The number of alkyl halides is 3. The maximum absolute atomic E-state index is 15.2. The first-order valence-electron chi connectivity index (χ1n) is 13.4. The fourth-order valence-corrected chi connectivity index (χ4v) is 4.45. The molecular formula is C34H32F4O. The lowest BCUT2D eigenvalue weighted by Gasteiger charge is -2.08. The molecule has 0 radical (unpaired) electrons. The van der Waals surface area contributed by atoms with Crippen LogP contribution in [0.25, 0.3) is 10.8 Å². The third kappa shape index (κ3) is 8.61. The summed E-state index contributed by atoms with van der Waals surface area (Å²) in [5.41, 5.74) is 4.65. The largest absolute Gasteiger partial charge is 0.484 e. The minimum atomic E-state index is -4.40. The number of hydrogen-bond donors (Lipinski definition) is 0. The number of benzene rings is 4. The first kappa shape index (κ1) is 28.2. The van der Waals surface area contributed by atoms with E-state index < -0.39 is 12.8 Å². The second-order valence-corrected chi connectivity index (χ2v) is 9.79. The molecule has 0 heterocycles. The molecule has 0 saturated heterocycles. The van der Waals surface area contributed by atoms with Crippen molar-refractivity contribution in [3.8, 4) is 17.6 Å². The van der Waals surface area contributed by atoms with Gasteiger partial charge in [-0.15, -0.1) is 0 Å². The highest BCUT2D eigenvalue weighted by Crippen LogP contribution is 2.24. The average Bonchev–Trinajstić information content (AvgIpc) is 2.93. The summed E-state index contributed by atoms with van der Waals surface area (Å²) in [6.07, 6.45) is 3.61. The second-order valence-electron chi connectivity index (χ2n) is 9.79. The topological polar surface area (TPSA) is 9.23 Å². The minimum absolute atomic E-state index is 0.0976. The van der Waals surface area contributed by atoms with Gasteiger partial charge >= 0.3 is 6.18 Å². The van der Waals surface area contributed by atoms with E-state index in [1.807, 2.05) is 18.2 Å². The Labute approximate surface area is 227 Å². The predicted molar refractivity (Wildman–Crippen MR) is 150 cm³/mol. The summed E-state index contributed by atoms with van der Waals surface area (Å²) >= 11 is 0. The van der Waals surface area contributed by atoms with Crippen molar-refractivity contribution in [1.82, 2.24) is 0 Å². The van der Waals surface area contributed by atoms with Crippen molar-refractivity contribution in [3.63, 3.8) is 0 Å². The molecule has 0 unspecified atom stereocenters. The normalized spacial score (nSPS) is 11.3. The molecule has 0 atom stereocenters. The molecule has 0 amide bonds. The van der Waals surface area contributed by atoms with E-state index in [9.17, 15) is 13.2 Å². The molecule has 0 N–H and O–H groups in total. The zero-order valence-electron chi connectivity index (χ0n) is 22.1. The van der Waals surface area contributed by atoms with Gasteiger partial charge < -0.3 is 4.74 Å². The van der Waals surface area contributed by atoms with E-state index in [0.717, 1.165) is 30.2 Å². The van der Waals surface area contributed by atoms with E-state index >= 15 is 4.39 Å². The van der Waals surface area contributed by atoms with E-state index in [4.69, 9.17) is 4.74 Å². The van der Waals surface area contributed by atoms with Crippen LogP contribution in [0.3, 0.4) is 0 Å². The Balaban J connectivity index is 1.36. The first-order chi connectivity index (χ1) is 18.8. The van der Waals surface area contributed by atoms with Crippen LogP contribution in [0.1, 0.15) is 60.4 Å². The Morgan fingerprint density at radius 2 is 1.36 bits per heavy atom. The number of hydrogen-bond acceptors (Lipinski definition) is 1. The lowest BCUT2D eigenvalue weighted by molar-refractivity contribution is -0.153. The molecule has 0 aliphatic rings. The maximum atomic E-state index is 15.2. The highest BCUT2D eigenvalue weighted by molar-refractivity contribution is 5.85. The van der Waals surface area contributed by atoms with Crippen molar-refractivity contribution < 1.29 is 22.3 Å². The van der Waals surface area contributed by atoms with Crippen LogP contribution in [0.2, 0.25) is 0 Å². The summed E-state index contributed by atoms with van der Waals surface area (Å²) < 4.78 is 56.7. The van der Waals surface area contributed by atoms with Crippen molar-refractivity contribution >= 4 is 10.8 Å². The highest BCUT2D eigenvalue weighted by atomic mass is 19.4. The monoisotopic (exact) mass is 532 g/mol. The molecule has 5 heteroatoms. The molecule has 0 aromatic heterocycles. The van der Waals surface area contributed by atoms with Crippen LogP contribution in [0.5, 0.6) is 5.75 Å². The van der Waals surface area contributed by atoms with Gasteiger partial charge in [0.1, 0.15) is 11.6 Å². The zero-order chi connectivity index (χ0) is 27.7. The molecule has 39 heavy (non-hydrogen) atoms. The van der Waals surface area contributed by atoms with Gasteiger partial charge in [-0.1, -0.05) is 86.6 Å². The van der Waals surface area contributed by atoms with E-state index in [-0.39, 0.29) is 17.1 Å². The number of ether oxygens (including phenoxy) is 1.